The molecule has 320 valence electrons. The Bertz CT molecular complexity index is 2350. The molecule has 0 amide bonds. The Morgan fingerprint density at radius 3 is 2.11 bits per heavy atom. The van der Waals surface area contributed by atoms with Crippen LogP contribution in [0.2, 0.25) is 18.1 Å². The number of benzene rings is 3. The van der Waals surface area contributed by atoms with Crippen molar-refractivity contribution in [2.24, 2.45) is 11.8 Å². The summed E-state index contributed by atoms with van der Waals surface area (Å²) in [5.74, 6) is -2.92. The molecule has 9 nitrogen and oxygen atoms in total. The topological polar surface area (TPSA) is 111 Å². The first kappa shape index (κ1) is 42.6. The van der Waals surface area contributed by atoms with Crippen LogP contribution in [0.4, 0.5) is 4.39 Å². The molecule has 4 aromatic rings. The summed E-state index contributed by atoms with van der Waals surface area (Å²) in [5.41, 5.74) is 0.791. The van der Waals surface area contributed by atoms with Crippen molar-refractivity contribution in [3.8, 4) is 11.6 Å². The van der Waals surface area contributed by atoms with Crippen LogP contribution in [0.15, 0.2) is 102 Å². The third-order valence-electron chi connectivity index (χ3n) is 13.8. The van der Waals surface area contributed by atoms with Crippen LogP contribution in [-0.4, -0.2) is 53.7 Å². The zero-order valence-corrected chi connectivity index (χ0v) is 37.0. The van der Waals surface area contributed by atoms with Gasteiger partial charge in [-0.05, 0) is 83.6 Å². The molecule has 0 aliphatic heterocycles. The number of hydrogen-bond donors (Lipinski definition) is 1. The van der Waals surface area contributed by atoms with E-state index in [9.17, 15) is 5.11 Å². The van der Waals surface area contributed by atoms with Gasteiger partial charge >= 0.3 is 0 Å². The van der Waals surface area contributed by atoms with Gasteiger partial charge in [-0.3, -0.25) is 14.5 Å². The summed E-state index contributed by atoms with van der Waals surface area (Å²) in [5, 5.41) is 16.6. The normalized spacial score (nSPS) is 22.7. The molecule has 2 saturated carbocycles. The van der Waals surface area contributed by atoms with Gasteiger partial charge in [0.15, 0.2) is 19.7 Å². The summed E-state index contributed by atoms with van der Waals surface area (Å²) in [7, 11) is -3.01. The van der Waals surface area contributed by atoms with Crippen LogP contribution in [0.3, 0.4) is 0 Å². The summed E-state index contributed by atoms with van der Waals surface area (Å²) >= 11 is 0. The van der Waals surface area contributed by atoms with Crippen LogP contribution in [0.5, 0.6) is 11.6 Å². The van der Waals surface area contributed by atoms with Crippen LogP contribution < -0.4 is 9.47 Å². The number of Topliss-reactive ketones (excluding diaryl/α,β-unsaturated/α-hetero) is 2. The summed E-state index contributed by atoms with van der Waals surface area (Å²) in [6.07, 6.45) is 7.59. The molecule has 0 saturated heterocycles. The highest BCUT2D eigenvalue weighted by Gasteiger charge is 2.69. The zero-order chi connectivity index (χ0) is 43.3. The lowest BCUT2D eigenvalue weighted by Gasteiger charge is -2.55. The maximum Gasteiger partial charge on any atom is 0.265 e. The first-order valence-electron chi connectivity index (χ1n) is 21.6. The van der Waals surface area contributed by atoms with Gasteiger partial charge in [0.25, 0.3) is 5.88 Å². The van der Waals surface area contributed by atoms with Gasteiger partial charge in [-0.2, -0.15) is 0 Å². The molecule has 1 heterocycles. The minimum atomic E-state index is -3.01. The maximum atomic E-state index is 17.2. The average Bonchev–Trinajstić information content (AvgIpc) is 3.93. The molecular formula is C50H57FN2O7Si. The minimum Gasteiger partial charge on any atom is -0.507 e. The van der Waals surface area contributed by atoms with E-state index in [1.165, 1.54) is 0 Å². The second kappa shape index (κ2) is 16.6. The summed E-state index contributed by atoms with van der Waals surface area (Å²) < 4.78 is 43.5. The van der Waals surface area contributed by atoms with Crippen molar-refractivity contribution in [2.45, 2.75) is 108 Å². The van der Waals surface area contributed by atoms with Crippen molar-refractivity contribution in [3.63, 3.8) is 0 Å². The number of ketones is 2. The number of nitrogens with zero attached hydrogens (tertiary/aromatic N) is 2. The fraction of sp³-hybridized carbons (Fsp3) is 0.420. The number of aliphatic hydroxyl groups excluding tert-OH is 1. The number of halogens is 1. The van der Waals surface area contributed by atoms with Crippen molar-refractivity contribution in [1.29, 1.82) is 0 Å². The van der Waals surface area contributed by atoms with Gasteiger partial charge in [0, 0.05) is 30.1 Å². The van der Waals surface area contributed by atoms with Crippen molar-refractivity contribution in [3.05, 3.63) is 143 Å². The van der Waals surface area contributed by atoms with E-state index < -0.39 is 48.4 Å². The molecular weight excluding hydrogens is 788 g/mol. The Labute approximate surface area is 359 Å². The fourth-order valence-electron chi connectivity index (χ4n) is 9.85. The van der Waals surface area contributed by atoms with E-state index in [2.05, 4.69) is 44.0 Å². The molecule has 0 radical (unpaired) electrons. The molecule has 61 heavy (non-hydrogen) atoms. The fourth-order valence-corrected chi connectivity index (χ4v) is 11.3. The van der Waals surface area contributed by atoms with Crippen LogP contribution in [-0.2, 0) is 28.9 Å². The molecule has 0 unspecified atom stereocenters. The van der Waals surface area contributed by atoms with E-state index in [0.29, 0.717) is 30.0 Å². The number of aromatic nitrogens is 1. The summed E-state index contributed by atoms with van der Waals surface area (Å²) in [6.45, 7) is 19.3. The first-order chi connectivity index (χ1) is 29.2. The van der Waals surface area contributed by atoms with Gasteiger partial charge in [-0.25, -0.2) is 4.39 Å². The molecule has 8 rings (SSSR count). The number of aliphatic hydroxyl groups is 1. The Morgan fingerprint density at radius 1 is 0.918 bits per heavy atom. The second-order valence-electron chi connectivity index (χ2n) is 18.6. The van der Waals surface area contributed by atoms with Gasteiger partial charge in [0.05, 0.1) is 11.6 Å². The van der Waals surface area contributed by atoms with E-state index in [1.807, 2.05) is 73.8 Å². The van der Waals surface area contributed by atoms with Crippen molar-refractivity contribution >= 4 is 25.6 Å². The standard InChI is InChI=1S/C50H57FN2O7Si/c1-8-24-53(25-9-2)43-37-27-34-26-36-40(38(57-29-31-18-12-10-13-19-31)28-35(42(36)51)33-22-16-17-23-33)44(54)39(34)46(55)50(37,60-61(6,7)49(3,4)5)47(56)41-45(43)59-52-48(41)58-30-32-20-14-11-15-21-32/h8-15,18-21,28,33-34,37,43,54H,1-2,16-17,22-27,29-30H2,3-7H3/t34-,37-,43-,50-/m0/s1. The molecule has 4 aliphatic carbocycles. The highest BCUT2D eigenvalue weighted by Crippen LogP contribution is 2.60. The van der Waals surface area contributed by atoms with Crippen molar-refractivity contribution in [2.75, 3.05) is 13.1 Å². The number of rotatable bonds is 14. The second-order valence-corrected chi connectivity index (χ2v) is 23.4. The number of hydrogen-bond acceptors (Lipinski definition) is 9. The van der Waals surface area contributed by atoms with Gasteiger partial charge in [0.1, 0.15) is 36.1 Å². The smallest absolute Gasteiger partial charge is 0.265 e. The predicted molar refractivity (Wildman–Crippen MR) is 236 cm³/mol. The summed E-state index contributed by atoms with van der Waals surface area (Å²) in [6, 6.07) is 20.2. The largest absolute Gasteiger partial charge is 0.507 e. The Hall–Kier alpha value is -5.10. The quantitative estimate of drug-likeness (QED) is 0.0753. The predicted octanol–water partition coefficient (Wildman–Crippen LogP) is 11.0. The van der Waals surface area contributed by atoms with Crippen molar-refractivity contribution in [1.82, 2.24) is 10.1 Å². The van der Waals surface area contributed by atoms with E-state index in [1.54, 1.807) is 18.2 Å². The van der Waals surface area contributed by atoms with Crippen LogP contribution in [0, 0.1) is 17.7 Å². The number of ether oxygens (including phenoxy) is 2. The molecule has 0 spiro atoms. The Kier molecular flexibility index (Phi) is 11.6. The van der Waals surface area contributed by atoms with Crippen LogP contribution >= 0.6 is 0 Å². The maximum absolute atomic E-state index is 17.2. The van der Waals surface area contributed by atoms with Gasteiger partial charge in [0.2, 0.25) is 11.6 Å². The first-order valence-corrected chi connectivity index (χ1v) is 24.5. The van der Waals surface area contributed by atoms with Gasteiger partial charge in [-0.15, -0.1) is 13.2 Å². The van der Waals surface area contributed by atoms with E-state index in [-0.39, 0.29) is 71.9 Å². The SMILES string of the molecule is C=CCN(CC=C)[C@@H]1c2onc(OCc3ccccc3)c2C(=O)[C@@]2(O[Si](C)(C)C(C)(C)C)C(=O)C3=C(O)c4c(OCc5ccccc5)cc(C5CCCC5)c(F)c4C[C@H]3C[C@@H]12. The molecule has 11 heteroatoms. The number of carbonyl (C=O) groups excluding carboxylic acids is 2. The molecule has 1 aromatic heterocycles. The van der Waals surface area contributed by atoms with Crippen LogP contribution in [0.25, 0.3) is 5.76 Å². The van der Waals surface area contributed by atoms with Crippen LogP contribution in [0.1, 0.15) is 109 Å². The molecule has 3 aromatic carbocycles. The minimum absolute atomic E-state index is 0.0189. The highest BCUT2D eigenvalue weighted by molar-refractivity contribution is 6.74. The zero-order valence-electron chi connectivity index (χ0n) is 36.0. The molecule has 4 aliphatic rings. The third-order valence-corrected chi connectivity index (χ3v) is 18.3. The molecule has 4 atom stereocenters. The highest BCUT2D eigenvalue weighted by atomic mass is 28.4. The van der Waals surface area contributed by atoms with Gasteiger partial charge < -0.3 is 23.5 Å². The molecule has 1 N–H and O–H groups in total. The van der Waals surface area contributed by atoms with Gasteiger partial charge in [-0.1, -0.05) is 106 Å². The Balaban J connectivity index is 1.34. The van der Waals surface area contributed by atoms with Crippen molar-refractivity contribution < 1.29 is 37.5 Å². The number of fused-ring (bicyclic) bond motifs is 4. The Morgan fingerprint density at radius 2 is 1.52 bits per heavy atom. The molecule has 0 bridgehead atoms. The lowest BCUT2D eigenvalue weighted by atomic mass is 9.57. The summed E-state index contributed by atoms with van der Waals surface area (Å²) in [4.78, 5) is 33.9. The molecule has 2 fully saturated rings. The third kappa shape index (κ3) is 7.42. The van der Waals surface area contributed by atoms with E-state index >= 15 is 14.0 Å². The average molecular weight is 845 g/mol. The monoisotopic (exact) mass is 844 g/mol. The lowest BCUT2D eigenvalue weighted by molar-refractivity contribution is -0.141. The number of carbonyl (C=O) groups is 2. The lowest BCUT2D eigenvalue weighted by Crippen LogP contribution is -2.68. The van der Waals surface area contributed by atoms with E-state index in [4.69, 9.17) is 18.4 Å². The van der Waals surface area contributed by atoms with E-state index in [0.717, 1.165) is 36.8 Å².